The van der Waals surface area contributed by atoms with Crippen LogP contribution < -0.4 is 10.0 Å². The summed E-state index contributed by atoms with van der Waals surface area (Å²) in [5.74, 6) is 0. The van der Waals surface area contributed by atoms with Crippen LogP contribution in [0.2, 0.25) is 0 Å². The van der Waals surface area contributed by atoms with Gasteiger partial charge in [-0.2, -0.15) is 11.8 Å². The average Bonchev–Trinajstić information content (AvgIpc) is 2.86. The first-order chi connectivity index (χ1) is 9.44. The Balaban J connectivity index is 2.86. The van der Waals surface area contributed by atoms with E-state index in [1.807, 2.05) is 31.6 Å². The van der Waals surface area contributed by atoms with E-state index in [9.17, 15) is 8.42 Å². The molecule has 7 heteroatoms. The quantitative estimate of drug-likeness (QED) is 0.726. The number of rotatable bonds is 9. The number of aromatic nitrogens is 1. The molecule has 0 spiro atoms. The van der Waals surface area contributed by atoms with E-state index in [4.69, 9.17) is 0 Å². The van der Waals surface area contributed by atoms with Gasteiger partial charge in [-0.25, -0.2) is 13.1 Å². The minimum Gasteiger partial charge on any atom is -0.349 e. The molecule has 1 aromatic rings. The normalized spacial score (nSPS) is 13.6. The smallest absolute Gasteiger partial charge is 0.242 e. The van der Waals surface area contributed by atoms with E-state index in [0.717, 1.165) is 18.8 Å². The second-order valence-corrected chi connectivity index (χ2v) is 7.67. The zero-order valence-electron chi connectivity index (χ0n) is 12.6. The van der Waals surface area contributed by atoms with Crippen LogP contribution in [-0.4, -0.2) is 37.6 Å². The molecule has 1 rings (SSSR count). The van der Waals surface area contributed by atoms with Crippen LogP contribution in [0.15, 0.2) is 17.2 Å². The summed E-state index contributed by atoms with van der Waals surface area (Å²) in [4.78, 5) is 0.348. The summed E-state index contributed by atoms with van der Waals surface area (Å²) in [5, 5.41) is 3.49. The molecule has 0 saturated carbocycles. The van der Waals surface area contributed by atoms with Crippen LogP contribution in [0.1, 0.15) is 26.5 Å². The molecule has 0 bridgehead atoms. The Morgan fingerprint density at radius 1 is 1.40 bits per heavy atom. The van der Waals surface area contributed by atoms with Gasteiger partial charge in [0.2, 0.25) is 10.0 Å². The fourth-order valence-electron chi connectivity index (χ4n) is 1.76. The molecular formula is C13H25N3O2S2. The van der Waals surface area contributed by atoms with Gasteiger partial charge in [0.15, 0.2) is 0 Å². The minimum absolute atomic E-state index is 0.263. The third-order valence-corrected chi connectivity index (χ3v) is 5.49. The maximum absolute atomic E-state index is 12.3. The largest absolute Gasteiger partial charge is 0.349 e. The molecular weight excluding hydrogens is 294 g/mol. The van der Waals surface area contributed by atoms with Crippen LogP contribution in [-0.2, 0) is 23.1 Å². The first kappa shape index (κ1) is 17.6. The molecule has 116 valence electrons. The van der Waals surface area contributed by atoms with Crippen molar-refractivity contribution in [2.75, 3.05) is 19.3 Å². The van der Waals surface area contributed by atoms with Gasteiger partial charge in [0.05, 0.1) is 4.90 Å². The Labute approximate surface area is 126 Å². The van der Waals surface area contributed by atoms with Crippen LogP contribution in [0.3, 0.4) is 0 Å². The van der Waals surface area contributed by atoms with Crippen LogP contribution >= 0.6 is 11.8 Å². The van der Waals surface area contributed by atoms with Gasteiger partial charge in [-0.1, -0.05) is 13.8 Å². The number of nitrogens with zero attached hydrogens (tertiary/aromatic N) is 1. The first-order valence-corrected chi connectivity index (χ1v) is 9.63. The maximum Gasteiger partial charge on any atom is 0.242 e. The van der Waals surface area contributed by atoms with E-state index in [-0.39, 0.29) is 5.25 Å². The summed E-state index contributed by atoms with van der Waals surface area (Å²) in [6.45, 7) is 8.79. The van der Waals surface area contributed by atoms with Gasteiger partial charge >= 0.3 is 0 Å². The highest BCUT2D eigenvalue weighted by Crippen LogP contribution is 2.15. The highest BCUT2D eigenvalue weighted by Gasteiger charge is 2.18. The summed E-state index contributed by atoms with van der Waals surface area (Å²) >= 11 is 1.64. The van der Waals surface area contributed by atoms with Crippen molar-refractivity contribution in [1.29, 1.82) is 0 Å². The Morgan fingerprint density at radius 3 is 2.65 bits per heavy atom. The Bertz CT molecular complexity index is 512. The lowest BCUT2D eigenvalue weighted by molar-refractivity contribution is 0.581. The summed E-state index contributed by atoms with van der Waals surface area (Å²) < 4.78 is 29.1. The molecule has 0 aliphatic heterocycles. The SMILES string of the molecule is CCNCc1cc(S(=O)(=O)NCC(C)SC)cn1CC. The Kier molecular flexibility index (Phi) is 7.08. The van der Waals surface area contributed by atoms with E-state index >= 15 is 0 Å². The maximum atomic E-state index is 12.3. The molecule has 0 amide bonds. The van der Waals surface area contributed by atoms with Crippen LogP contribution in [0.25, 0.3) is 0 Å². The Morgan fingerprint density at radius 2 is 2.10 bits per heavy atom. The monoisotopic (exact) mass is 319 g/mol. The lowest BCUT2D eigenvalue weighted by Crippen LogP contribution is -2.29. The van der Waals surface area contributed by atoms with Crippen LogP contribution in [0.5, 0.6) is 0 Å². The van der Waals surface area contributed by atoms with Crippen molar-refractivity contribution in [3.8, 4) is 0 Å². The molecule has 1 atom stereocenters. The lowest BCUT2D eigenvalue weighted by Gasteiger charge is -2.09. The second kappa shape index (κ2) is 8.07. The predicted molar refractivity (Wildman–Crippen MR) is 85.7 cm³/mol. The van der Waals surface area contributed by atoms with E-state index in [1.165, 1.54) is 0 Å². The lowest BCUT2D eigenvalue weighted by atomic mass is 10.4. The van der Waals surface area contributed by atoms with E-state index in [1.54, 1.807) is 24.0 Å². The first-order valence-electron chi connectivity index (χ1n) is 6.86. The number of hydrogen-bond acceptors (Lipinski definition) is 4. The zero-order chi connectivity index (χ0) is 15.2. The van der Waals surface area contributed by atoms with Gasteiger partial charge in [-0.05, 0) is 25.8 Å². The summed E-state index contributed by atoms with van der Waals surface area (Å²) in [5.41, 5.74) is 0.993. The fourth-order valence-corrected chi connectivity index (χ4v) is 3.31. The van der Waals surface area contributed by atoms with Crippen molar-refractivity contribution in [1.82, 2.24) is 14.6 Å². The van der Waals surface area contributed by atoms with E-state index < -0.39 is 10.0 Å². The second-order valence-electron chi connectivity index (χ2n) is 4.63. The molecule has 1 unspecified atom stereocenters. The van der Waals surface area contributed by atoms with Gasteiger partial charge in [0.25, 0.3) is 0 Å². The standard InChI is InChI=1S/C13H25N3O2S2/c1-5-14-9-12-7-13(10-16(12)6-2)20(17,18)15-8-11(3)19-4/h7,10-11,14-15H,5-6,8-9H2,1-4H3. The molecule has 0 aromatic carbocycles. The third-order valence-electron chi connectivity index (χ3n) is 3.13. The number of thioether (sulfide) groups is 1. The fraction of sp³-hybridized carbons (Fsp3) is 0.692. The molecule has 2 N–H and O–H groups in total. The van der Waals surface area contributed by atoms with Gasteiger partial charge in [0, 0.05) is 36.8 Å². The highest BCUT2D eigenvalue weighted by atomic mass is 32.2. The molecule has 0 saturated heterocycles. The van der Waals surface area contributed by atoms with Crippen molar-refractivity contribution in [3.05, 3.63) is 18.0 Å². The minimum atomic E-state index is -3.41. The number of hydrogen-bond donors (Lipinski definition) is 2. The molecule has 1 aromatic heterocycles. The summed E-state index contributed by atoms with van der Waals surface area (Å²) in [6.07, 6.45) is 3.68. The Hall–Kier alpha value is -0.500. The van der Waals surface area contributed by atoms with Crippen molar-refractivity contribution in [2.45, 2.75) is 44.0 Å². The van der Waals surface area contributed by atoms with Crippen LogP contribution in [0.4, 0.5) is 0 Å². The van der Waals surface area contributed by atoms with Crippen LogP contribution in [0, 0.1) is 0 Å². The van der Waals surface area contributed by atoms with Crippen molar-refractivity contribution >= 4 is 21.8 Å². The summed E-state index contributed by atoms with van der Waals surface area (Å²) in [7, 11) is -3.41. The van der Waals surface area contributed by atoms with Gasteiger partial charge in [0.1, 0.15) is 0 Å². The predicted octanol–water partition coefficient (Wildman–Crippen LogP) is 1.65. The number of sulfonamides is 1. The van der Waals surface area contributed by atoms with Gasteiger partial charge in [-0.3, -0.25) is 0 Å². The van der Waals surface area contributed by atoms with Crippen molar-refractivity contribution in [3.63, 3.8) is 0 Å². The zero-order valence-corrected chi connectivity index (χ0v) is 14.3. The molecule has 1 heterocycles. The molecule has 0 aliphatic carbocycles. The number of nitrogens with one attached hydrogen (secondary N) is 2. The molecule has 20 heavy (non-hydrogen) atoms. The molecule has 5 nitrogen and oxygen atoms in total. The van der Waals surface area contributed by atoms with Gasteiger partial charge in [-0.15, -0.1) is 0 Å². The average molecular weight is 319 g/mol. The van der Waals surface area contributed by atoms with E-state index in [0.29, 0.717) is 18.0 Å². The highest BCUT2D eigenvalue weighted by molar-refractivity contribution is 7.99. The molecule has 0 radical (unpaired) electrons. The third kappa shape index (κ3) is 4.80. The summed E-state index contributed by atoms with van der Waals surface area (Å²) in [6, 6.07) is 1.75. The van der Waals surface area contributed by atoms with Crippen molar-refractivity contribution in [2.24, 2.45) is 0 Å². The van der Waals surface area contributed by atoms with E-state index in [2.05, 4.69) is 10.0 Å². The molecule has 0 fully saturated rings. The van der Waals surface area contributed by atoms with Gasteiger partial charge < -0.3 is 9.88 Å². The topological polar surface area (TPSA) is 63.1 Å². The molecule has 0 aliphatic rings. The van der Waals surface area contributed by atoms with Crippen molar-refractivity contribution < 1.29 is 8.42 Å². The number of aryl methyl sites for hydroxylation is 1.